The van der Waals surface area contributed by atoms with Crippen LogP contribution in [0, 0.1) is 0 Å². The molecule has 1 aliphatic heterocycles. The van der Waals surface area contributed by atoms with Gasteiger partial charge < -0.3 is 20.1 Å². The second-order valence-corrected chi connectivity index (χ2v) is 5.96. The fourth-order valence-electron chi connectivity index (χ4n) is 2.15. The molecule has 7 nitrogen and oxygen atoms in total. The summed E-state index contributed by atoms with van der Waals surface area (Å²) >= 11 is 10.4. The minimum atomic E-state index is 0.428. The summed E-state index contributed by atoms with van der Waals surface area (Å²) in [6.45, 7) is 5.24. The normalized spacial score (nSPS) is 14.5. The summed E-state index contributed by atoms with van der Waals surface area (Å²) in [4.78, 5) is 2.34. The van der Waals surface area contributed by atoms with Crippen LogP contribution < -0.4 is 26.2 Å². The van der Waals surface area contributed by atoms with Crippen LogP contribution in [-0.4, -0.2) is 61.6 Å². The van der Waals surface area contributed by atoms with Gasteiger partial charge >= 0.3 is 0 Å². The van der Waals surface area contributed by atoms with Crippen molar-refractivity contribution in [1.82, 2.24) is 21.1 Å². The number of morpholine rings is 1. The molecule has 1 aromatic rings. The number of hydrogen-bond donors (Lipinski definition) is 4. The van der Waals surface area contributed by atoms with Gasteiger partial charge in [-0.25, -0.2) is 0 Å². The second kappa shape index (κ2) is 10.2. The Hall–Kier alpha value is -1.68. The second-order valence-electron chi connectivity index (χ2n) is 5.14. The van der Waals surface area contributed by atoms with Gasteiger partial charge in [-0.1, -0.05) is 0 Å². The molecule has 24 heavy (non-hydrogen) atoms. The number of benzene rings is 1. The Morgan fingerprint density at radius 3 is 2.46 bits per heavy atom. The summed E-state index contributed by atoms with van der Waals surface area (Å²) in [6, 6.07) is 7.48. The van der Waals surface area contributed by atoms with Crippen molar-refractivity contribution in [3.05, 3.63) is 24.3 Å². The minimum Gasteiger partial charge on any atom is -0.497 e. The summed E-state index contributed by atoms with van der Waals surface area (Å²) in [7, 11) is 1.63. The van der Waals surface area contributed by atoms with Crippen LogP contribution in [0.5, 0.6) is 5.75 Å². The topological polar surface area (TPSA) is 69.8 Å². The number of hydrazine groups is 1. The number of ether oxygens (including phenoxy) is 2. The quantitative estimate of drug-likeness (QED) is 0.443. The molecule has 0 spiro atoms. The van der Waals surface area contributed by atoms with Gasteiger partial charge in [0.25, 0.3) is 0 Å². The molecule has 1 heterocycles. The van der Waals surface area contributed by atoms with Crippen LogP contribution in [0.15, 0.2) is 24.3 Å². The van der Waals surface area contributed by atoms with Crippen molar-refractivity contribution in [3.8, 4) is 5.75 Å². The van der Waals surface area contributed by atoms with E-state index in [1.165, 1.54) is 0 Å². The van der Waals surface area contributed by atoms with Gasteiger partial charge in [-0.15, -0.1) is 0 Å². The Balaban J connectivity index is 1.59. The number of thiocarbonyl (C=S) groups is 2. The van der Waals surface area contributed by atoms with Gasteiger partial charge in [-0.05, 0) is 48.7 Å². The number of nitrogens with one attached hydrogen (secondary N) is 4. The van der Waals surface area contributed by atoms with Gasteiger partial charge in [0.2, 0.25) is 0 Å². The van der Waals surface area contributed by atoms with Gasteiger partial charge in [0.05, 0.1) is 20.3 Å². The molecule has 0 bridgehead atoms. The highest BCUT2D eigenvalue weighted by atomic mass is 32.1. The standard InChI is InChI=1S/C15H23N5O2S2/c1-21-13-4-2-12(3-5-13)17-15(24)19-18-14(23)16-6-7-20-8-10-22-11-9-20/h2-5H,6-11H2,1H3,(H2,16,18,23)(H2,17,19,24). The SMILES string of the molecule is COc1ccc(NC(=S)NNC(=S)NCCN2CCOCC2)cc1. The van der Waals surface area contributed by atoms with Crippen LogP contribution in [0.2, 0.25) is 0 Å². The van der Waals surface area contributed by atoms with Crippen molar-refractivity contribution >= 4 is 40.3 Å². The Labute approximate surface area is 153 Å². The third-order valence-corrected chi connectivity index (χ3v) is 3.91. The maximum Gasteiger partial charge on any atom is 0.189 e. The maximum absolute atomic E-state index is 5.32. The van der Waals surface area contributed by atoms with E-state index in [0.717, 1.165) is 50.8 Å². The van der Waals surface area contributed by atoms with Crippen LogP contribution in [0.25, 0.3) is 0 Å². The van der Waals surface area contributed by atoms with Crippen LogP contribution in [-0.2, 0) is 4.74 Å². The van der Waals surface area contributed by atoms with Crippen molar-refractivity contribution in [2.24, 2.45) is 0 Å². The highest BCUT2D eigenvalue weighted by Crippen LogP contribution is 2.14. The first-order valence-corrected chi connectivity index (χ1v) is 8.54. The average Bonchev–Trinajstić information content (AvgIpc) is 2.61. The van der Waals surface area contributed by atoms with E-state index in [4.69, 9.17) is 33.9 Å². The Bertz CT molecular complexity index is 535. The molecule has 132 valence electrons. The van der Waals surface area contributed by atoms with E-state index in [1.807, 2.05) is 24.3 Å². The third kappa shape index (κ3) is 6.83. The number of anilines is 1. The molecule has 2 rings (SSSR count). The third-order valence-electron chi connectivity index (χ3n) is 3.45. The number of hydrogen-bond acceptors (Lipinski definition) is 5. The number of rotatable bonds is 5. The molecular weight excluding hydrogens is 346 g/mol. The molecule has 0 aliphatic carbocycles. The van der Waals surface area contributed by atoms with E-state index < -0.39 is 0 Å². The molecule has 0 radical (unpaired) electrons. The van der Waals surface area contributed by atoms with E-state index in [0.29, 0.717) is 10.2 Å². The monoisotopic (exact) mass is 369 g/mol. The smallest absolute Gasteiger partial charge is 0.189 e. The Morgan fingerprint density at radius 2 is 1.79 bits per heavy atom. The van der Waals surface area contributed by atoms with Gasteiger partial charge in [0.15, 0.2) is 10.2 Å². The Morgan fingerprint density at radius 1 is 1.12 bits per heavy atom. The molecule has 1 fully saturated rings. The first kappa shape index (κ1) is 18.7. The predicted octanol–water partition coefficient (Wildman–Crippen LogP) is 0.693. The summed E-state index contributed by atoms with van der Waals surface area (Å²) in [5.41, 5.74) is 6.57. The highest BCUT2D eigenvalue weighted by Gasteiger charge is 2.09. The lowest BCUT2D eigenvalue weighted by molar-refractivity contribution is 0.0389. The number of nitrogens with zero attached hydrogens (tertiary/aromatic N) is 1. The van der Waals surface area contributed by atoms with Crippen LogP contribution >= 0.6 is 24.4 Å². The van der Waals surface area contributed by atoms with E-state index >= 15 is 0 Å². The largest absolute Gasteiger partial charge is 0.497 e. The number of methoxy groups -OCH3 is 1. The molecule has 1 aromatic carbocycles. The molecular formula is C15H23N5O2S2. The lowest BCUT2D eigenvalue weighted by atomic mass is 10.3. The van der Waals surface area contributed by atoms with E-state index in [-0.39, 0.29) is 0 Å². The fourth-order valence-corrected chi connectivity index (χ4v) is 2.47. The summed E-state index contributed by atoms with van der Waals surface area (Å²) < 4.78 is 10.4. The van der Waals surface area contributed by atoms with E-state index in [1.54, 1.807) is 7.11 Å². The Kier molecular flexibility index (Phi) is 7.96. The van der Waals surface area contributed by atoms with Crippen LogP contribution in [0.4, 0.5) is 5.69 Å². The van der Waals surface area contributed by atoms with E-state index in [9.17, 15) is 0 Å². The maximum atomic E-state index is 5.32. The zero-order valence-electron chi connectivity index (χ0n) is 13.6. The van der Waals surface area contributed by atoms with Gasteiger partial charge in [0.1, 0.15) is 5.75 Å². The first-order valence-electron chi connectivity index (χ1n) is 7.72. The van der Waals surface area contributed by atoms with Crippen molar-refractivity contribution in [2.75, 3.05) is 51.8 Å². The lowest BCUT2D eigenvalue weighted by Gasteiger charge is -2.26. The molecule has 9 heteroatoms. The zero-order chi connectivity index (χ0) is 17.2. The summed E-state index contributed by atoms with van der Waals surface area (Å²) in [6.07, 6.45) is 0. The first-order chi connectivity index (χ1) is 11.7. The van der Waals surface area contributed by atoms with Crippen LogP contribution in [0.3, 0.4) is 0 Å². The molecule has 0 atom stereocenters. The lowest BCUT2D eigenvalue weighted by Crippen LogP contribution is -2.50. The average molecular weight is 370 g/mol. The molecule has 1 saturated heterocycles. The molecule has 4 N–H and O–H groups in total. The van der Waals surface area contributed by atoms with Gasteiger partial charge in [0, 0.05) is 31.9 Å². The summed E-state index contributed by atoms with van der Waals surface area (Å²) in [5, 5.41) is 7.11. The predicted molar refractivity (Wildman–Crippen MR) is 103 cm³/mol. The van der Waals surface area contributed by atoms with Crippen LogP contribution in [0.1, 0.15) is 0 Å². The zero-order valence-corrected chi connectivity index (χ0v) is 15.3. The van der Waals surface area contributed by atoms with Gasteiger partial charge in [-0.3, -0.25) is 15.8 Å². The van der Waals surface area contributed by atoms with Crippen molar-refractivity contribution in [1.29, 1.82) is 0 Å². The fraction of sp³-hybridized carbons (Fsp3) is 0.467. The molecule has 0 saturated carbocycles. The van der Waals surface area contributed by atoms with Crippen molar-refractivity contribution in [2.45, 2.75) is 0 Å². The van der Waals surface area contributed by atoms with E-state index in [2.05, 4.69) is 26.4 Å². The molecule has 0 amide bonds. The highest BCUT2D eigenvalue weighted by molar-refractivity contribution is 7.80. The molecule has 0 aromatic heterocycles. The van der Waals surface area contributed by atoms with Crippen molar-refractivity contribution in [3.63, 3.8) is 0 Å². The molecule has 0 unspecified atom stereocenters. The molecule has 1 aliphatic rings. The minimum absolute atomic E-state index is 0.428. The van der Waals surface area contributed by atoms with Crippen molar-refractivity contribution < 1.29 is 9.47 Å². The van der Waals surface area contributed by atoms with Gasteiger partial charge in [-0.2, -0.15) is 0 Å². The summed E-state index contributed by atoms with van der Waals surface area (Å²) in [5.74, 6) is 0.795.